The maximum Gasteiger partial charge on any atom is 0.200 e. The molecule has 32 heavy (non-hydrogen) atoms. The zero-order valence-corrected chi connectivity index (χ0v) is 17.7. The van der Waals surface area contributed by atoms with Crippen LogP contribution in [-0.2, 0) is 4.74 Å². The van der Waals surface area contributed by atoms with Crippen LogP contribution in [0.1, 0.15) is 44.3 Å². The van der Waals surface area contributed by atoms with Gasteiger partial charge < -0.3 is 9.84 Å². The van der Waals surface area contributed by atoms with Crippen molar-refractivity contribution in [2.75, 3.05) is 6.61 Å². The number of rotatable bonds is 5. The van der Waals surface area contributed by atoms with Crippen molar-refractivity contribution in [3.8, 4) is 28.0 Å². The molecule has 4 rings (SSSR count). The van der Waals surface area contributed by atoms with Gasteiger partial charge in [-0.05, 0) is 48.4 Å². The van der Waals surface area contributed by atoms with Crippen LogP contribution in [0.2, 0.25) is 0 Å². The van der Waals surface area contributed by atoms with Crippen molar-refractivity contribution >= 4 is 0 Å². The molecule has 3 aromatic carbocycles. The van der Waals surface area contributed by atoms with E-state index in [1.54, 1.807) is 6.07 Å². The Morgan fingerprint density at radius 3 is 1.94 bits per heavy atom. The largest absolute Gasteiger partial charge is 0.505 e. The van der Waals surface area contributed by atoms with Crippen LogP contribution in [0.5, 0.6) is 5.75 Å². The lowest BCUT2D eigenvalue weighted by atomic mass is 9.90. The first-order valence-electron chi connectivity index (χ1n) is 10.8. The van der Waals surface area contributed by atoms with Crippen LogP contribution in [0, 0.1) is 29.2 Å². The van der Waals surface area contributed by atoms with E-state index in [2.05, 4.69) is 6.92 Å². The predicted molar refractivity (Wildman–Crippen MR) is 115 cm³/mol. The molecule has 1 aliphatic rings. The number of ether oxygens (including phenoxy) is 1. The smallest absolute Gasteiger partial charge is 0.200 e. The van der Waals surface area contributed by atoms with E-state index in [0.29, 0.717) is 30.1 Å². The lowest BCUT2D eigenvalue weighted by Gasteiger charge is -2.29. The van der Waals surface area contributed by atoms with Gasteiger partial charge in [0.05, 0.1) is 12.7 Å². The zero-order valence-electron chi connectivity index (χ0n) is 17.7. The Morgan fingerprint density at radius 1 is 0.781 bits per heavy atom. The highest BCUT2D eigenvalue weighted by Gasteiger charge is 2.27. The minimum atomic E-state index is -1.33. The summed E-state index contributed by atoms with van der Waals surface area (Å²) in [5.41, 5.74) is 1.02. The number of aromatic hydroxyl groups is 1. The monoisotopic (exact) mass is 444 g/mol. The summed E-state index contributed by atoms with van der Waals surface area (Å²) in [4.78, 5) is 0. The highest BCUT2D eigenvalue weighted by Crippen LogP contribution is 2.37. The van der Waals surface area contributed by atoms with Crippen molar-refractivity contribution in [3.63, 3.8) is 0 Å². The molecule has 2 nitrogen and oxygen atoms in total. The van der Waals surface area contributed by atoms with Gasteiger partial charge in [-0.15, -0.1) is 0 Å². The molecule has 1 aliphatic heterocycles. The number of hydrogen-bond donors (Lipinski definition) is 1. The summed E-state index contributed by atoms with van der Waals surface area (Å²) in [7, 11) is 0. The Balaban J connectivity index is 1.57. The van der Waals surface area contributed by atoms with Gasteiger partial charge in [0.1, 0.15) is 0 Å². The standard InChI is InChI=1S/C26H24F4O2/c1-2-3-15-4-13-22(32-14-15)20-10-9-18(23(27)25(20)29)16-5-7-17(8-6-16)19-11-12-21(31)26(30)24(19)28/h5-12,15,22,31H,2-4,13-14H2,1H3. The van der Waals surface area contributed by atoms with Gasteiger partial charge in [0.2, 0.25) is 5.82 Å². The lowest BCUT2D eigenvalue weighted by molar-refractivity contribution is -0.0214. The molecule has 2 atom stereocenters. The van der Waals surface area contributed by atoms with E-state index in [1.807, 2.05) is 0 Å². The van der Waals surface area contributed by atoms with Crippen molar-refractivity contribution in [1.29, 1.82) is 0 Å². The molecule has 6 heteroatoms. The number of halogens is 4. The molecule has 0 bridgehead atoms. The van der Waals surface area contributed by atoms with Gasteiger partial charge in [0.15, 0.2) is 23.2 Å². The molecule has 3 aromatic rings. The van der Waals surface area contributed by atoms with Gasteiger partial charge >= 0.3 is 0 Å². The van der Waals surface area contributed by atoms with Crippen LogP contribution in [0.15, 0.2) is 48.5 Å². The lowest BCUT2D eigenvalue weighted by Crippen LogP contribution is -2.21. The van der Waals surface area contributed by atoms with Crippen molar-refractivity contribution in [2.24, 2.45) is 5.92 Å². The molecule has 1 saturated heterocycles. The summed E-state index contributed by atoms with van der Waals surface area (Å²) >= 11 is 0. The molecule has 0 aliphatic carbocycles. The topological polar surface area (TPSA) is 29.5 Å². The van der Waals surface area contributed by atoms with Crippen molar-refractivity contribution in [2.45, 2.75) is 38.7 Å². The highest BCUT2D eigenvalue weighted by molar-refractivity contribution is 5.71. The van der Waals surface area contributed by atoms with Crippen molar-refractivity contribution < 1.29 is 27.4 Å². The van der Waals surface area contributed by atoms with Gasteiger partial charge in [-0.25, -0.2) is 13.2 Å². The Kier molecular flexibility index (Phi) is 6.51. The van der Waals surface area contributed by atoms with Crippen LogP contribution in [0.25, 0.3) is 22.3 Å². The van der Waals surface area contributed by atoms with E-state index >= 15 is 0 Å². The summed E-state index contributed by atoms with van der Waals surface area (Å²) in [5.74, 6) is -4.69. The van der Waals surface area contributed by atoms with E-state index in [4.69, 9.17) is 4.74 Å². The summed E-state index contributed by atoms with van der Waals surface area (Å²) in [6.07, 6.45) is 3.27. The first-order chi connectivity index (χ1) is 15.4. The Bertz CT molecular complexity index is 1100. The van der Waals surface area contributed by atoms with Crippen molar-refractivity contribution in [3.05, 3.63) is 77.4 Å². The molecule has 0 radical (unpaired) electrons. The van der Waals surface area contributed by atoms with E-state index in [-0.39, 0.29) is 16.7 Å². The average molecular weight is 444 g/mol. The number of benzene rings is 3. The first-order valence-corrected chi connectivity index (χ1v) is 10.8. The Hall–Kier alpha value is -2.86. The van der Waals surface area contributed by atoms with E-state index in [9.17, 15) is 22.7 Å². The van der Waals surface area contributed by atoms with Crippen LogP contribution in [0.4, 0.5) is 17.6 Å². The molecule has 1 N–H and O–H groups in total. The predicted octanol–water partition coefficient (Wildman–Crippen LogP) is 7.55. The molecule has 2 unspecified atom stereocenters. The normalized spacial score (nSPS) is 18.7. The molecule has 0 amide bonds. The Morgan fingerprint density at radius 2 is 1.38 bits per heavy atom. The molecular formula is C26H24F4O2. The summed E-state index contributed by atoms with van der Waals surface area (Å²) in [5, 5.41) is 9.27. The first kappa shape index (κ1) is 22.3. The maximum absolute atomic E-state index is 14.9. The summed E-state index contributed by atoms with van der Waals surface area (Å²) < 4.78 is 63.4. The number of hydrogen-bond acceptors (Lipinski definition) is 2. The second-order valence-electron chi connectivity index (χ2n) is 8.22. The quantitative estimate of drug-likeness (QED) is 0.412. The fourth-order valence-electron chi connectivity index (χ4n) is 4.31. The van der Waals surface area contributed by atoms with E-state index in [0.717, 1.165) is 25.3 Å². The second kappa shape index (κ2) is 9.33. The highest BCUT2D eigenvalue weighted by atomic mass is 19.2. The molecule has 0 saturated carbocycles. The third-order valence-corrected chi connectivity index (χ3v) is 6.10. The van der Waals surface area contributed by atoms with E-state index < -0.39 is 35.1 Å². The third kappa shape index (κ3) is 4.24. The van der Waals surface area contributed by atoms with Gasteiger partial charge in [0, 0.05) is 16.7 Å². The number of phenolic OH excluding ortho intramolecular Hbond substituents is 1. The molecule has 1 heterocycles. The van der Waals surface area contributed by atoms with E-state index in [1.165, 1.54) is 36.4 Å². The summed E-state index contributed by atoms with van der Waals surface area (Å²) in [6, 6.07) is 11.4. The molecule has 168 valence electrons. The average Bonchev–Trinajstić information content (AvgIpc) is 2.81. The SMILES string of the molecule is CCCC1CCC(c2ccc(-c3ccc(-c4ccc(O)c(F)c4F)cc3)c(F)c2F)OC1. The maximum atomic E-state index is 14.9. The van der Waals surface area contributed by atoms with Gasteiger partial charge in [-0.3, -0.25) is 0 Å². The van der Waals surface area contributed by atoms with Gasteiger partial charge in [-0.2, -0.15) is 4.39 Å². The second-order valence-corrected chi connectivity index (χ2v) is 8.22. The fourth-order valence-corrected chi connectivity index (χ4v) is 4.31. The van der Waals surface area contributed by atoms with Gasteiger partial charge in [0.25, 0.3) is 0 Å². The minimum absolute atomic E-state index is 0.0373. The molecular weight excluding hydrogens is 420 g/mol. The van der Waals surface area contributed by atoms with Crippen LogP contribution < -0.4 is 0 Å². The minimum Gasteiger partial charge on any atom is -0.505 e. The fraction of sp³-hybridized carbons (Fsp3) is 0.308. The van der Waals surface area contributed by atoms with Gasteiger partial charge in [-0.1, -0.05) is 49.7 Å². The van der Waals surface area contributed by atoms with Crippen molar-refractivity contribution in [1.82, 2.24) is 0 Å². The molecule has 0 aromatic heterocycles. The Labute approximate surface area is 184 Å². The number of phenols is 1. The third-order valence-electron chi connectivity index (χ3n) is 6.10. The molecule has 1 fully saturated rings. The van der Waals surface area contributed by atoms with Crippen LogP contribution in [0.3, 0.4) is 0 Å². The zero-order chi connectivity index (χ0) is 22.8. The molecule has 0 spiro atoms. The van der Waals surface area contributed by atoms with Crippen LogP contribution >= 0.6 is 0 Å². The summed E-state index contributed by atoms with van der Waals surface area (Å²) in [6.45, 7) is 2.67. The van der Waals surface area contributed by atoms with Crippen LogP contribution in [-0.4, -0.2) is 11.7 Å².